The lowest BCUT2D eigenvalue weighted by molar-refractivity contribution is 0.140. The SMILES string of the molecule is CCCCN(C(C)CC)C(CN)c1cncc(Br)c1. The Bertz CT molecular complexity index is 370. The number of nitrogens with two attached hydrogens (primary N) is 1. The molecular weight excluding hydrogens is 302 g/mol. The van der Waals surface area contributed by atoms with Crippen molar-refractivity contribution in [3.8, 4) is 0 Å². The van der Waals surface area contributed by atoms with Gasteiger partial charge in [0, 0.05) is 35.5 Å². The number of hydrogen-bond acceptors (Lipinski definition) is 3. The molecule has 0 aliphatic heterocycles. The van der Waals surface area contributed by atoms with Crippen LogP contribution in [0.2, 0.25) is 0 Å². The van der Waals surface area contributed by atoms with Crippen molar-refractivity contribution < 1.29 is 0 Å². The third-order valence-electron chi connectivity index (χ3n) is 3.66. The van der Waals surface area contributed by atoms with Crippen LogP contribution in [0, 0.1) is 0 Å². The monoisotopic (exact) mass is 327 g/mol. The molecule has 1 rings (SSSR count). The summed E-state index contributed by atoms with van der Waals surface area (Å²) in [4.78, 5) is 6.79. The van der Waals surface area contributed by atoms with Crippen molar-refractivity contribution in [3.63, 3.8) is 0 Å². The fourth-order valence-corrected chi connectivity index (χ4v) is 2.71. The minimum atomic E-state index is 0.256. The van der Waals surface area contributed by atoms with Crippen LogP contribution in [0.15, 0.2) is 22.9 Å². The van der Waals surface area contributed by atoms with E-state index in [0.717, 1.165) is 17.4 Å². The van der Waals surface area contributed by atoms with Gasteiger partial charge >= 0.3 is 0 Å². The molecule has 0 aliphatic rings. The van der Waals surface area contributed by atoms with Gasteiger partial charge in [0.1, 0.15) is 0 Å². The molecule has 0 amide bonds. The zero-order chi connectivity index (χ0) is 14.3. The molecule has 1 aromatic rings. The van der Waals surface area contributed by atoms with Crippen LogP contribution in [0.5, 0.6) is 0 Å². The molecule has 4 heteroatoms. The molecule has 0 fully saturated rings. The highest BCUT2D eigenvalue weighted by molar-refractivity contribution is 9.10. The second kappa shape index (κ2) is 8.67. The second-order valence-corrected chi connectivity index (χ2v) is 5.95. The van der Waals surface area contributed by atoms with Gasteiger partial charge in [-0.05, 0) is 53.9 Å². The molecule has 19 heavy (non-hydrogen) atoms. The van der Waals surface area contributed by atoms with E-state index in [2.05, 4.69) is 52.7 Å². The third-order valence-corrected chi connectivity index (χ3v) is 4.09. The first-order chi connectivity index (χ1) is 9.13. The van der Waals surface area contributed by atoms with E-state index in [1.165, 1.54) is 18.4 Å². The van der Waals surface area contributed by atoms with Crippen LogP contribution in [0.3, 0.4) is 0 Å². The maximum atomic E-state index is 6.04. The van der Waals surface area contributed by atoms with Crippen LogP contribution in [-0.2, 0) is 0 Å². The van der Waals surface area contributed by atoms with Crippen LogP contribution in [0.4, 0.5) is 0 Å². The zero-order valence-electron chi connectivity index (χ0n) is 12.3. The fraction of sp³-hybridized carbons (Fsp3) is 0.667. The van der Waals surface area contributed by atoms with E-state index < -0.39 is 0 Å². The Morgan fingerprint density at radius 2 is 2.11 bits per heavy atom. The number of unbranched alkanes of at least 4 members (excludes halogenated alkanes) is 1. The topological polar surface area (TPSA) is 42.1 Å². The van der Waals surface area contributed by atoms with Crippen molar-refractivity contribution in [1.82, 2.24) is 9.88 Å². The predicted octanol–water partition coefficient (Wildman–Crippen LogP) is 3.74. The second-order valence-electron chi connectivity index (χ2n) is 5.04. The molecule has 0 aromatic carbocycles. The Hall–Kier alpha value is -0.450. The number of nitrogens with zero attached hydrogens (tertiary/aromatic N) is 2. The van der Waals surface area contributed by atoms with Gasteiger partial charge in [0.05, 0.1) is 0 Å². The van der Waals surface area contributed by atoms with Crippen LogP contribution in [-0.4, -0.2) is 29.0 Å². The number of halogens is 1. The van der Waals surface area contributed by atoms with Crippen LogP contribution < -0.4 is 5.73 Å². The first-order valence-electron chi connectivity index (χ1n) is 7.20. The van der Waals surface area contributed by atoms with E-state index in [0.29, 0.717) is 12.6 Å². The van der Waals surface area contributed by atoms with E-state index in [-0.39, 0.29) is 6.04 Å². The van der Waals surface area contributed by atoms with Gasteiger partial charge < -0.3 is 5.73 Å². The third kappa shape index (κ3) is 4.86. The Kier molecular flexibility index (Phi) is 7.57. The smallest absolute Gasteiger partial charge is 0.0488 e. The van der Waals surface area contributed by atoms with Gasteiger partial charge in [0.2, 0.25) is 0 Å². The molecule has 3 nitrogen and oxygen atoms in total. The molecule has 2 atom stereocenters. The molecule has 0 radical (unpaired) electrons. The van der Waals surface area contributed by atoms with E-state index >= 15 is 0 Å². The normalized spacial score (nSPS) is 14.6. The van der Waals surface area contributed by atoms with E-state index in [4.69, 9.17) is 5.73 Å². The number of hydrogen-bond donors (Lipinski definition) is 1. The molecular formula is C15H26BrN3. The zero-order valence-corrected chi connectivity index (χ0v) is 13.9. The highest BCUT2D eigenvalue weighted by atomic mass is 79.9. The molecule has 2 unspecified atom stereocenters. The van der Waals surface area contributed by atoms with Gasteiger partial charge in [0.15, 0.2) is 0 Å². The molecule has 108 valence electrons. The van der Waals surface area contributed by atoms with Gasteiger partial charge in [-0.2, -0.15) is 0 Å². The maximum absolute atomic E-state index is 6.04. The van der Waals surface area contributed by atoms with Gasteiger partial charge in [-0.15, -0.1) is 0 Å². The van der Waals surface area contributed by atoms with Gasteiger partial charge in [-0.1, -0.05) is 20.3 Å². The van der Waals surface area contributed by atoms with Crippen LogP contribution in [0.25, 0.3) is 0 Å². The summed E-state index contributed by atoms with van der Waals surface area (Å²) in [5.74, 6) is 0. The summed E-state index contributed by atoms with van der Waals surface area (Å²) >= 11 is 3.49. The molecule has 0 aliphatic carbocycles. The summed E-state index contributed by atoms with van der Waals surface area (Å²) in [5.41, 5.74) is 7.24. The quantitative estimate of drug-likeness (QED) is 0.790. The highest BCUT2D eigenvalue weighted by Crippen LogP contribution is 2.25. The average molecular weight is 328 g/mol. The lowest BCUT2D eigenvalue weighted by Crippen LogP contribution is -2.40. The maximum Gasteiger partial charge on any atom is 0.0488 e. The summed E-state index contributed by atoms with van der Waals surface area (Å²) in [6.07, 6.45) is 7.31. The average Bonchev–Trinajstić information content (AvgIpc) is 2.42. The predicted molar refractivity (Wildman–Crippen MR) is 85.1 cm³/mol. The molecule has 0 spiro atoms. The lowest BCUT2D eigenvalue weighted by Gasteiger charge is -2.36. The first kappa shape index (κ1) is 16.6. The Morgan fingerprint density at radius 1 is 1.37 bits per heavy atom. The van der Waals surface area contributed by atoms with Crippen molar-refractivity contribution in [2.24, 2.45) is 5.73 Å². The van der Waals surface area contributed by atoms with Crippen LogP contribution in [0.1, 0.15) is 51.6 Å². The molecule has 0 saturated carbocycles. The minimum Gasteiger partial charge on any atom is -0.329 e. The van der Waals surface area contributed by atoms with Crippen molar-refractivity contribution >= 4 is 15.9 Å². The summed E-state index contributed by atoms with van der Waals surface area (Å²) in [5, 5.41) is 0. The minimum absolute atomic E-state index is 0.256. The highest BCUT2D eigenvalue weighted by Gasteiger charge is 2.23. The molecule has 1 aromatic heterocycles. The summed E-state index contributed by atoms with van der Waals surface area (Å²) in [7, 11) is 0. The molecule has 1 heterocycles. The number of rotatable bonds is 8. The Balaban J connectivity index is 2.94. The number of aromatic nitrogens is 1. The van der Waals surface area contributed by atoms with E-state index in [9.17, 15) is 0 Å². The first-order valence-corrected chi connectivity index (χ1v) is 7.99. The van der Waals surface area contributed by atoms with Crippen molar-refractivity contribution in [2.75, 3.05) is 13.1 Å². The van der Waals surface area contributed by atoms with Gasteiger partial charge in [-0.25, -0.2) is 0 Å². The number of pyridine rings is 1. The summed E-state index contributed by atoms with van der Waals surface area (Å²) in [6.45, 7) is 8.47. The Morgan fingerprint density at radius 3 is 2.63 bits per heavy atom. The molecule has 0 bridgehead atoms. The fourth-order valence-electron chi connectivity index (χ4n) is 2.33. The van der Waals surface area contributed by atoms with Gasteiger partial charge in [0.25, 0.3) is 0 Å². The summed E-state index contributed by atoms with van der Waals surface area (Å²) < 4.78 is 1.02. The summed E-state index contributed by atoms with van der Waals surface area (Å²) in [6, 6.07) is 2.93. The molecule has 0 saturated heterocycles. The largest absolute Gasteiger partial charge is 0.329 e. The van der Waals surface area contributed by atoms with Gasteiger partial charge in [-0.3, -0.25) is 9.88 Å². The lowest BCUT2D eigenvalue weighted by atomic mass is 10.0. The van der Waals surface area contributed by atoms with Crippen LogP contribution >= 0.6 is 15.9 Å². The van der Waals surface area contributed by atoms with E-state index in [1.807, 2.05) is 12.4 Å². The van der Waals surface area contributed by atoms with Crippen molar-refractivity contribution in [3.05, 3.63) is 28.5 Å². The molecule has 2 N–H and O–H groups in total. The van der Waals surface area contributed by atoms with Crippen molar-refractivity contribution in [2.45, 2.75) is 52.1 Å². The van der Waals surface area contributed by atoms with E-state index in [1.54, 1.807) is 0 Å². The van der Waals surface area contributed by atoms with Crippen molar-refractivity contribution in [1.29, 1.82) is 0 Å². The Labute approximate surface area is 125 Å². The standard InChI is InChI=1S/C15H26BrN3/c1-4-6-7-19(12(3)5-2)15(9-17)13-8-14(16)11-18-10-13/h8,10-12,15H,4-7,9,17H2,1-3H3.